The molecular formula is C24H22FN3O3. The molecule has 1 aliphatic carbocycles. The van der Waals surface area contributed by atoms with Crippen LogP contribution in [0.15, 0.2) is 54.3 Å². The number of hydrogen-bond donors (Lipinski definition) is 1. The van der Waals surface area contributed by atoms with Gasteiger partial charge < -0.3 is 14.4 Å². The predicted molar refractivity (Wildman–Crippen MR) is 113 cm³/mol. The topological polar surface area (TPSA) is 88.1 Å². The molecule has 0 saturated heterocycles. The van der Waals surface area contributed by atoms with Crippen LogP contribution in [0.25, 0.3) is 16.6 Å². The van der Waals surface area contributed by atoms with Crippen molar-refractivity contribution in [3.8, 4) is 6.07 Å². The average molecular weight is 419 g/mol. The van der Waals surface area contributed by atoms with E-state index in [0.717, 1.165) is 18.4 Å². The van der Waals surface area contributed by atoms with Crippen LogP contribution in [-0.2, 0) is 22.0 Å². The Morgan fingerprint density at radius 3 is 2.58 bits per heavy atom. The van der Waals surface area contributed by atoms with Crippen LogP contribution in [-0.4, -0.2) is 27.2 Å². The molecule has 0 radical (unpaired) electrons. The van der Waals surface area contributed by atoms with Crippen LogP contribution in [0.1, 0.15) is 37.1 Å². The molecule has 1 aromatic heterocycles. The first-order valence-corrected chi connectivity index (χ1v) is 10.1. The molecule has 1 aliphatic rings. The van der Waals surface area contributed by atoms with E-state index >= 15 is 0 Å². The molecule has 4 rings (SSSR count). The summed E-state index contributed by atoms with van der Waals surface area (Å²) < 4.78 is 21.6. The second-order valence-electron chi connectivity index (χ2n) is 7.76. The second kappa shape index (κ2) is 8.23. The number of carbonyl (C=O) groups excluding carboxylic acids is 1. The summed E-state index contributed by atoms with van der Waals surface area (Å²) in [5, 5.41) is 20.2. The number of aryl methyl sites for hydroxylation is 1. The molecule has 7 heteroatoms. The van der Waals surface area contributed by atoms with Gasteiger partial charge >= 0.3 is 5.97 Å². The summed E-state index contributed by atoms with van der Waals surface area (Å²) in [6.07, 6.45) is 2.53. The van der Waals surface area contributed by atoms with Gasteiger partial charge in [-0.1, -0.05) is 43.2 Å². The fourth-order valence-corrected chi connectivity index (χ4v) is 4.37. The molecule has 0 unspecified atom stereocenters. The Labute approximate surface area is 179 Å². The third-order valence-corrected chi connectivity index (χ3v) is 5.99. The van der Waals surface area contributed by atoms with Crippen molar-refractivity contribution in [1.82, 2.24) is 9.55 Å². The van der Waals surface area contributed by atoms with Crippen molar-refractivity contribution in [1.29, 1.82) is 5.26 Å². The van der Waals surface area contributed by atoms with E-state index in [2.05, 4.69) is 4.98 Å². The largest absolute Gasteiger partial charge is 0.507 e. The van der Waals surface area contributed by atoms with Crippen LogP contribution in [0.3, 0.4) is 0 Å². The summed E-state index contributed by atoms with van der Waals surface area (Å²) in [7, 11) is 1.74. The number of nitrogens with zero attached hydrogens (tertiary/aromatic N) is 3. The molecule has 1 fully saturated rings. The lowest BCUT2D eigenvalue weighted by molar-refractivity contribution is -0.150. The van der Waals surface area contributed by atoms with E-state index in [4.69, 9.17) is 4.74 Å². The maximum absolute atomic E-state index is 14.5. The van der Waals surface area contributed by atoms with Crippen LogP contribution in [0.5, 0.6) is 0 Å². The van der Waals surface area contributed by atoms with Crippen LogP contribution < -0.4 is 0 Å². The van der Waals surface area contributed by atoms with Crippen LogP contribution in [0, 0.1) is 17.1 Å². The van der Waals surface area contributed by atoms with Gasteiger partial charge in [-0.15, -0.1) is 0 Å². The van der Waals surface area contributed by atoms with E-state index < -0.39 is 29.6 Å². The van der Waals surface area contributed by atoms with Gasteiger partial charge in [0.2, 0.25) is 0 Å². The molecule has 0 bridgehead atoms. The number of aromatic nitrogens is 2. The van der Waals surface area contributed by atoms with E-state index in [1.54, 1.807) is 29.8 Å². The monoisotopic (exact) mass is 419 g/mol. The number of imidazole rings is 1. The molecule has 1 N–H and O–H groups in total. The Bertz CT molecular complexity index is 1220. The lowest BCUT2D eigenvalue weighted by atomic mass is 9.78. The third-order valence-electron chi connectivity index (χ3n) is 5.99. The van der Waals surface area contributed by atoms with Crippen LogP contribution in [0.2, 0.25) is 0 Å². The highest BCUT2D eigenvalue weighted by Crippen LogP contribution is 2.43. The first-order chi connectivity index (χ1) is 15.0. The molecule has 0 atom stereocenters. The number of carbonyl (C=O) groups is 1. The Kier molecular flexibility index (Phi) is 5.47. The van der Waals surface area contributed by atoms with Crippen LogP contribution in [0.4, 0.5) is 4.39 Å². The van der Waals surface area contributed by atoms with Gasteiger partial charge in [0, 0.05) is 12.6 Å². The summed E-state index contributed by atoms with van der Waals surface area (Å²) in [6, 6.07) is 15.5. The van der Waals surface area contributed by atoms with Gasteiger partial charge in [-0.05, 0) is 31.0 Å². The van der Waals surface area contributed by atoms with E-state index in [9.17, 15) is 19.6 Å². The molecule has 2 aromatic carbocycles. The molecule has 6 nitrogen and oxygen atoms in total. The van der Waals surface area contributed by atoms with E-state index in [-0.39, 0.29) is 11.4 Å². The number of ether oxygens (including phenoxy) is 1. The van der Waals surface area contributed by atoms with Gasteiger partial charge in [0.25, 0.3) is 0 Å². The standard InChI is InChI=1S/C24H22FN3O3/c1-28-20-11-5-4-10-19(20)27-22(28)16(14-26)21(29)15-31-23(30)24(12-6-7-13-24)17-8-2-3-9-18(17)25/h2-5,8-11,29H,6-7,12-13,15H2,1H3/b21-16-. The fourth-order valence-electron chi connectivity index (χ4n) is 4.37. The molecule has 0 aliphatic heterocycles. The second-order valence-corrected chi connectivity index (χ2v) is 7.76. The number of benzene rings is 2. The quantitative estimate of drug-likeness (QED) is 0.372. The Morgan fingerprint density at radius 1 is 1.23 bits per heavy atom. The third kappa shape index (κ3) is 3.55. The zero-order valence-electron chi connectivity index (χ0n) is 17.1. The molecule has 1 saturated carbocycles. The molecule has 158 valence electrons. The maximum atomic E-state index is 14.5. The molecule has 0 spiro atoms. The Morgan fingerprint density at radius 2 is 1.90 bits per heavy atom. The normalized spacial score (nSPS) is 16.0. The molecule has 31 heavy (non-hydrogen) atoms. The number of para-hydroxylation sites is 2. The highest BCUT2D eigenvalue weighted by Gasteiger charge is 2.45. The number of allylic oxidation sites excluding steroid dienone is 1. The fraction of sp³-hybridized carbons (Fsp3) is 0.292. The smallest absolute Gasteiger partial charge is 0.317 e. The Hall–Kier alpha value is -3.66. The zero-order chi connectivity index (χ0) is 22.0. The minimum atomic E-state index is -1.07. The van der Waals surface area contributed by atoms with Crippen molar-refractivity contribution < 1.29 is 19.0 Å². The molecular weight excluding hydrogens is 397 g/mol. The van der Waals surface area contributed by atoms with Gasteiger partial charge in [-0.2, -0.15) is 5.26 Å². The number of rotatable bonds is 5. The van der Waals surface area contributed by atoms with Crippen molar-refractivity contribution >= 4 is 22.6 Å². The summed E-state index contributed by atoms with van der Waals surface area (Å²) in [6.45, 7) is -0.485. The summed E-state index contributed by atoms with van der Waals surface area (Å²) in [5.74, 6) is -1.15. The summed E-state index contributed by atoms with van der Waals surface area (Å²) in [5.41, 5.74) is 0.660. The number of esters is 1. The highest BCUT2D eigenvalue weighted by molar-refractivity contribution is 5.85. The highest BCUT2D eigenvalue weighted by atomic mass is 19.1. The van der Waals surface area contributed by atoms with E-state index in [0.29, 0.717) is 23.9 Å². The SMILES string of the molecule is Cn1c(/C(C#N)=C(\O)COC(=O)C2(c3ccccc3F)CCCC2)nc2ccccc21. The lowest BCUT2D eigenvalue weighted by Gasteiger charge is -2.27. The van der Waals surface area contributed by atoms with Gasteiger partial charge in [0.05, 0.1) is 16.4 Å². The minimum Gasteiger partial charge on any atom is -0.507 e. The van der Waals surface area contributed by atoms with E-state index in [1.165, 1.54) is 6.07 Å². The lowest BCUT2D eigenvalue weighted by Crippen LogP contribution is -2.36. The number of aliphatic hydroxyl groups excluding tert-OH is 1. The molecule has 1 heterocycles. The number of fused-ring (bicyclic) bond motifs is 1. The van der Waals surface area contributed by atoms with Gasteiger partial charge in [-0.25, -0.2) is 9.37 Å². The minimum absolute atomic E-state index is 0.0714. The first-order valence-electron chi connectivity index (χ1n) is 10.1. The zero-order valence-corrected chi connectivity index (χ0v) is 17.1. The van der Waals surface area contributed by atoms with Gasteiger partial charge in [-0.3, -0.25) is 4.79 Å². The number of nitriles is 1. The van der Waals surface area contributed by atoms with E-state index in [1.807, 2.05) is 30.3 Å². The summed E-state index contributed by atoms with van der Waals surface area (Å²) >= 11 is 0. The van der Waals surface area contributed by atoms with Crippen molar-refractivity contribution in [2.24, 2.45) is 7.05 Å². The molecule has 0 amide bonds. The Balaban J connectivity index is 1.61. The van der Waals surface area contributed by atoms with Crippen molar-refractivity contribution in [2.75, 3.05) is 6.61 Å². The van der Waals surface area contributed by atoms with Gasteiger partial charge in [0.1, 0.15) is 24.1 Å². The maximum Gasteiger partial charge on any atom is 0.317 e. The van der Waals surface area contributed by atoms with Crippen molar-refractivity contribution in [3.63, 3.8) is 0 Å². The summed E-state index contributed by atoms with van der Waals surface area (Å²) in [4.78, 5) is 17.5. The number of halogens is 1. The van der Waals surface area contributed by atoms with Crippen molar-refractivity contribution in [3.05, 3.63) is 71.5 Å². The average Bonchev–Trinajstić information content (AvgIpc) is 3.40. The van der Waals surface area contributed by atoms with Crippen LogP contribution >= 0.6 is 0 Å². The van der Waals surface area contributed by atoms with Crippen molar-refractivity contribution in [2.45, 2.75) is 31.1 Å². The number of hydrogen-bond acceptors (Lipinski definition) is 5. The van der Waals surface area contributed by atoms with Gasteiger partial charge in [0.15, 0.2) is 11.6 Å². The molecule has 3 aromatic rings. The first kappa shape index (κ1) is 20.6. The predicted octanol–water partition coefficient (Wildman–Crippen LogP) is 4.56. The number of aliphatic hydroxyl groups is 1.